The number of piperidine rings is 1. The minimum atomic E-state index is -0.665. The maximum absolute atomic E-state index is 13.6. The summed E-state index contributed by atoms with van der Waals surface area (Å²) in [5.74, 6) is -0.658. The molecule has 35 heavy (non-hydrogen) atoms. The van der Waals surface area contributed by atoms with Crippen LogP contribution in [0.2, 0.25) is 10.0 Å². The van der Waals surface area contributed by atoms with Gasteiger partial charge < -0.3 is 19.3 Å². The number of fused-ring (bicyclic) bond motifs is 1. The Labute approximate surface area is 214 Å². The maximum atomic E-state index is 13.6. The molecule has 0 N–H and O–H groups in total. The summed E-state index contributed by atoms with van der Waals surface area (Å²) in [6.45, 7) is 3.56. The van der Waals surface area contributed by atoms with Crippen LogP contribution in [0, 0.1) is 11.8 Å². The molecule has 3 aliphatic heterocycles. The quantitative estimate of drug-likeness (QED) is 0.510. The molecule has 3 aliphatic rings. The Morgan fingerprint density at radius 1 is 1.20 bits per heavy atom. The van der Waals surface area contributed by atoms with Gasteiger partial charge in [-0.15, -0.1) is 0 Å². The van der Waals surface area contributed by atoms with Gasteiger partial charge in [-0.1, -0.05) is 23.2 Å². The van der Waals surface area contributed by atoms with E-state index >= 15 is 0 Å². The molecule has 0 radical (unpaired) electrons. The van der Waals surface area contributed by atoms with E-state index in [0.717, 1.165) is 19.3 Å². The number of carbonyl (C=O) groups excluding carboxylic acids is 3. The predicted molar refractivity (Wildman–Crippen MR) is 133 cm³/mol. The molecule has 1 aromatic rings. The van der Waals surface area contributed by atoms with Gasteiger partial charge >= 0.3 is 0 Å². The highest BCUT2D eigenvalue weighted by Gasteiger charge is 2.37. The van der Waals surface area contributed by atoms with Crippen molar-refractivity contribution in [3.05, 3.63) is 44.6 Å². The predicted octanol–water partition coefficient (Wildman–Crippen LogP) is 3.70. The van der Waals surface area contributed by atoms with Gasteiger partial charge in [0, 0.05) is 49.6 Å². The lowest BCUT2D eigenvalue weighted by Crippen LogP contribution is -2.43. The number of likely N-dealkylation sites (tertiary alicyclic amines) is 1. The van der Waals surface area contributed by atoms with E-state index in [-0.39, 0.29) is 30.4 Å². The molecule has 0 bridgehead atoms. The van der Waals surface area contributed by atoms with Crippen LogP contribution < -0.4 is 0 Å². The number of dihydropyridines is 1. The lowest BCUT2D eigenvalue weighted by Gasteiger charge is -2.36. The number of hydrogen-bond acceptors (Lipinski definition) is 5. The average Bonchev–Trinajstić information content (AvgIpc) is 2.85. The smallest absolute Gasteiger partial charge is 0.258 e. The molecule has 0 saturated carbocycles. The van der Waals surface area contributed by atoms with Crippen LogP contribution in [-0.4, -0.2) is 74.1 Å². The van der Waals surface area contributed by atoms with E-state index in [9.17, 15) is 14.4 Å². The van der Waals surface area contributed by atoms with Gasteiger partial charge in [0.1, 0.15) is 11.7 Å². The zero-order chi connectivity index (χ0) is 25.3. The van der Waals surface area contributed by atoms with E-state index in [4.69, 9.17) is 32.7 Å². The zero-order valence-corrected chi connectivity index (χ0v) is 21.6. The van der Waals surface area contributed by atoms with E-state index in [1.54, 1.807) is 36.0 Å². The monoisotopic (exact) mass is 521 g/mol. The summed E-state index contributed by atoms with van der Waals surface area (Å²) in [4.78, 5) is 44.7. The van der Waals surface area contributed by atoms with Crippen molar-refractivity contribution in [3.63, 3.8) is 0 Å². The lowest BCUT2D eigenvalue weighted by atomic mass is 9.85. The fourth-order valence-corrected chi connectivity index (χ4v) is 5.90. The van der Waals surface area contributed by atoms with E-state index in [1.807, 2.05) is 0 Å². The molecule has 2 atom stereocenters. The van der Waals surface area contributed by atoms with Crippen molar-refractivity contribution in [3.8, 4) is 0 Å². The van der Waals surface area contributed by atoms with Crippen molar-refractivity contribution < 1.29 is 23.9 Å². The molecule has 4 rings (SSSR count). The summed E-state index contributed by atoms with van der Waals surface area (Å²) in [6, 6.07) is 1.81. The third-order valence-corrected chi connectivity index (χ3v) is 7.85. The number of hydrogen-bond donors (Lipinski definition) is 0. The van der Waals surface area contributed by atoms with E-state index in [2.05, 4.69) is 4.99 Å². The Kier molecular flexibility index (Phi) is 7.83. The van der Waals surface area contributed by atoms with E-state index in [0.29, 0.717) is 64.3 Å². The van der Waals surface area contributed by atoms with Gasteiger partial charge in [-0.25, -0.2) is 4.99 Å². The molecule has 2 unspecified atom stereocenters. The Hall–Kier alpha value is -2.42. The normalized spacial score (nSPS) is 21.9. The number of carbonyl (C=O) groups is 3. The fraction of sp³-hybridized carbons (Fsp3) is 0.520. The molecule has 3 amide bonds. The second-order valence-corrected chi connectivity index (χ2v) is 9.93. The Morgan fingerprint density at radius 3 is 2.54 bits per heavy atom. The van der Waals surface area contributed by atoms with Gasteiger partial charge in [-0.2, -0.15) is 0 Å². The number of ether oxygens (including phenoxy) is 2. The Balaban J connectivity index is 1.62. The fourth-order valence-electron chi connectivity index (χ4n) is 5.24. The van der Waals surface area contributed by atoms with Crippen molar-refractivity contribution in [2.45, 2.75) is 32.3 Å². The molecule has 0 spiro atoms. The zero-order valence-electron chi connectivity index (χ0n) is 20.1. The topological polar surface area (TPSA) is 88.5 Å². The number of benzene rings is 1. The molecule has 1 aromatic carbocycles. The highest BCUT2D eigenvalue weighted by atomic mass is 35.5. The summed E-state index contributed by atoms with van der Waals surface area (Å²) < 4.78 is 11.3. The Bertz CT molecular complexity index is 1100. The number of amides is 3. The molecule has 8 nitrogen and oxygen atoms in total. The molecule has 188 valence electrons. The van der Waals surface area contributed by atoms with E-state index < -0.39 is 5.92 Å². The van der Waals surface area contributed by atoms with Crippen LogP contribution >= 0.6 is 23.2 Å². The number of aliphatic imine (C=N–C) groups is 1. The van der Waals surface area contributed by atoms with Crippen LogP contribution in [0.5, 0.6) is 0 Å². The van der Waals surface area contributed by atoms with E-state index in [1.165, 1.54) is 7.11 Å². The van der Waals surface area contributed by atoms with Crippen molar-refractivity contribution in [1.29, 1.82) is 0 Å². The van der Waals surface area contributed by atoms with Crippen molar-refractivity contribution in [1.82, 2.24) is 9.80 Å². The summed E-state index contributed by atoms with van der Waals surface area (Å²) in [5, 5.41) is 0.807. The molecule has 10 heteroatoms. The van der Waals surface area contributed by atoms with Gasteiger partial charge in [-0.3, -0.25) is 14.4 Å². The number of nitrogens with zero attached hydrogens (tertiary/aromatic N) is 3. The van der Waals surface area contributed by atoms with Crippen LogP contribution in [0.25, 0.3) is 0 Å². The summed E-state index contributed by atoms with van der Waals surface area (Å²) in [6.07, 6.45) is 4.26. The highest BCUT2D eigenvalue weighted by Crippen LogP contribution is 2.42. The number of allylic oxidation sites excluding steroid dienone is 1. The minimum absolute atomic E-state index is 0.132. The van der Waals surface area contributed by atoms with Crippen LogP contribution in [0.4, 0.5) is 0 Å². The first-order valence-corrected chi connectivity index (χ1v) is 12.4. The third kappa shape index (κ3) is 4.97. The van der Waals surface area contributed by atoms with Gasteiger partial charge in [0.25, 0.3) is 11.8 Å². The first-order valence-electron chi connectivity index (χ1n) is 11.7. The molecule has 0 aliphatic carbocycles. The van der Waals surface area contributed by atoms with Crippen molar-refractivity contribution >= 4 is 47.1 Å². The number of rotatable bonds is 7. The lowest BCUT2D eigenvalue weighted by molar-refractivity contribution is -0.122. The molecular weight excluding hydrogens is 493 g/mol. The van der Waals surface area contributed by atoms with Gasteiger partial charge in [0.2, 0.25) is 6.41 Å². The van der Waals surface area contributed by atoms with Crippen molar-refractivity contribution in [2.75, 3.05) is 40.4 Å². The second kappa shape index (κ2) is 10.7. The summed E-state index contributed by atoms with van der Waals surface area (Å²) in [5.41, 5.74) is 2.31. The van der Waals surface area contributed by atoms with Crippen LogP contribution in [0.3, 0.4) is 0 Å². The second-order valence-electron chi connectivity index (χ2n) is 9.15. The average molecular weight is 522 g/mol. The summed E-state index contributed by atoms with van der Waals surface area (Å²) >= 11 is 13.5. The Morgan fingerprint density at radius 2 is 1.91 bits per heavy atom. The van der Waals surface area contributed by atoms with Crippen LogP contribution in [0.15, 0.2) is 22.9 Å². The SMILES string of the molecule is COC1=CC(C)=NC(=O)C1CN1CCc2c(Cl)cc(C(OC)C3CCN(C=O)CC3)c(Cl)c2C1=O. The highest BCUT2D eigenvalue weighted by molar-refractivity contribution is 6.37. The molecule has 3 heterocycles. The van der Waals surface area contributed by atoms with Crippen LogP contribution in [-0.2, 0) is 25.5 Å². The molecule has 1 fully saturated rings. The molecule has 1 saturated heterocycles. The minimum Gasteiger partial charge on any atom is -0.500 e. The first kappa shape index (κ1) is 25.7. The molecular formula is C25H29Cl2N3O5. The van der Waals surface area contributed by atoms with Gasteiger partial charge in [0.15, 0.2) is 0 Å². The van der Waals surface area contributed by atoms with Crippen LogP contribution in [0.1, 0.15) is 47.4 Å². The van der Waals surface area contributed by atoms with Gasteiger partial charge in [-0.05, 0) is 49.8 Å². The maximum Gasteiger partial charge on any atom is 0.258 e. The van der Waals surface area contributed by atoms with Crippen molar-refractivity contribution in [2.24, 2.45) is 16.8 Å². The number of halogens is 2. The number of methoxy groups -OCH3 is 2. The third-order valence-electron chi connectivity index (χ3n) is 7.11. The largest absolute Gasteiger partial charge is 0.500 e. The first-order chi connectivity index (χ1) is 16.8. The standard InChI is InChI=1S/C25H29Cl2N3O5/c1-14-10-20(34-2)18(24(32)28-14)12-30-9-6-16-19(26)11-17(22(27)21(16)25(30)33)23(35-3)15-4-7-29(13-31)8-5-15/h10-11,13,15,18,23H,4-9,12H2,1-3H3. The molecule has 0 aromatic heterocycles. The summed E-state index contributed by atoms with van der Waals surface area (Å²) in [7, 11) is 3.12. The van der Waals surface area contributed by atoms with Gasteiger partial charge in [0.05, 0.1) is 23.8 Å².